The van der Waals surface area contributed by atoms with Crippen molar-refractivity contribution in [3.05, 3.63) is 84.5 Å². The van der Waals surface area contributed by atoms with E-state index in [0.717, 1.165) is 16.9 Å². The van der Waals surface area contributed by atoms with Crippen LogP contribution in [0.25, 0.3) is 6.08 Å². The van der Waals surface area contributed by atoms with Crippen LogP contribution < -0.4 is 4.74 Å². The Morgan fingerprint density at radius 3 is 2.45 bits per heavy atom. The highest BCUT2D eigenvalue weighted by Crippen LogP contribution is 2.15. The Morgan fingerprint density at radius 2 is 1.77 bits per heavy atom. The van der Waals surface area contributed by atoms with E-state index in [9.17, 15) is 4.79 Å². The molecule has 0 fully saturated rings. The van der Waals surface area contributed by atoms with Crippen LogP contribution in [0.5, 0.6) is 5.75 Å². The third kappa shape index (κ3) is 5.29. The number of carbonyl (C=O) groups excluding carboxylic acids is 1. The Bertz CT molecular complexity index is 627. The first-order chi connectivity index (χ1) is 10.8. The molecule has 2 aromatic rings. The minimum Gasteiger partial charge on any atom is -0.489 e. The molecule has 0 amide bonds. The molecule has 2 rings (SSSR count). The smallest absolute Gasteiger partial charge is 0.331 e. The predicted octanol–water partition coefficient (Wildman–Crippen LogP) is 4.01. The number of rotatable bonds is 7. The molecule has 0 radical (unpaired) electrons. The van der Waals surface area contributed by atoms with Crippen LogP contribution in [-0.2, 0) is 16.1 Å². The summed E-state index contributed by atoms with van der Waals surface area (Å²) in [5.74, 6) is 0.402. The normalized spacial score (nSPS) is 10.4. The van der Waals surface area contributed by atoms with E-state index in [1.807, 2.05) is 54.6 Å². The highest BCUT2D eigenvalue weighted by atomic mass is 16.5. The van der Waals surface area contributed by atoms with E-state index < -0.39 is 0 Å². The van der Waals surface area contributed by atoms with Crippen molar-refractivity contribution in [2.45, 2.75) is 6.61 Å². The van der Waals surface area contributed by atoms with Gasteiger partial charge in [0.25, 0.3) is 0 Å². The number of carbonyl (C=O) groups is 1. The predicted molar refractivity (Wildman–Crippen MR) is 87.4 cm³/mol. The number of esters is 1. The van der Waals surface area contributed by atoms with Crippen molar-refractivity contribution in [3.63, 3.8) is 0 Å². The molecule has 0 aliphatic heterocycles. The number of hydrogen-bond acceptors (Lipinski definition) is 3. The first-order valence-corrected chi connectivity index (χ1v) is 7.00. The Morgan fingerprint density at radius 1 is 1.05 bits per heavy atom. The second kappa shape index (κ2) is 8.47. The minimum absolute atomic E-state index is 0.218. The van der Waals surface area contributed by atoms with E-state index in [-0.39, 0.29) is 12.6 Å². The molecule has 0 saturated heterocycles. The van der Waals surface area contributed by atoms with Crippen LogP contribution in [-0.4, -0.2) is 12.6 Å². The molecule has 0 atom stereocenters. The summed E-state index contributed by atoms with van der Waals surface area (Å²) in [7, 11) is 0. The molecule has 0 unspecified atom stereocenters. The SMILES string of the molecule is C=CCOC(=O)/C=C/c1ccc(OCc2ccccc2)cc1. The third-order valence-electron chi connectivity index (χ3n) is 2.88. The van der Waals surface area contributed by atoms with E-state index in [2.05, 4.69) is 6.58 Å². The Hall–Kier alpha value is -2.81. The third-order valence-corrected chi connectivity index (χ3v) is 2.88. The molecular weight excluding hydrogens is 276 g/mol. The fourth-order valence-electron chi connectivity index (χ4n) is 1.77. The van der Waals surface area contributed by atoms with Gasteiger partial charge in [-0.2, -0.15) is 0 Å². The van der Waals surface area contributed by atoms with E-state index >= 15 is 0 Å². The molecule has 0 saturated carbocycles. The van der Waals surface area contributed by atoms with Crippen molar-refractivity contribution in [2.24, 2.45) is 0 Å². The Balaban J connectivity index is 1.86. The van der Waals surface area contributed by atoms with E-state index in [1.165, 1.54) is 12.2 Å². The van der Waals surface area contributed by atoms with Crippen LogP contribution in [0.3, 0.4) is 0 Å². The number of ether oxygens (including phenoxy) is 2. The van der Waals surface area contributed by atoms with Crippen LogP contribution in [0.15, 0.2) is 73.3 Å². The summed E-state index contributed by atoms with van der Waals surface area (Å²) in [5.41, 5.74) is 2.03. The first kappa shape index (κ1) is 15.6. The lowest BCUT2D eigenvalue weighted by molar-refractivity contribution is -0.136. The van der Waals surface area contributed by atoms with Gasteiger partial charge in [-0.1, -0.05) is 55.1 Å². The molecule has 0 spiro atoms. The summed E-state index contributed by atoms with van der Waals surface area (Å²) in [6.07, 6.45) is 4.63. The van der Waals surface area contributed by atoms with Gasteiger partial charge in [-0.3, -0.25) is 0 Å². The van der Waals surface area contributed by atoms with Crippen LogP contribution in [0.1, 0.15) is 11.1 Å². The summed E-state index contributed by atoms with van der Waals surface area (Å²) in [6.45, 7) is 4.23. The Kier molecular flexibility index (Phi) is 6.00. The van der Waals surface area contributed by atoms with Gasteiger partial charge in [0.15, 0.2) is 0 Å². The molecule has 0 aromatic heterocycles. The van der Waals surface area contributed by atoms with Gasteiger partial charge >= 0.3 is 5.97 Å². The van der Waals surface area contributed by atoms with Gasteiger partial charge in [0, 0.05) is 6.08 Å². The fraction of sp³-hybridized carbons (Fsp3) is 0.105. The molecule has 0 aliphatic rings. The van der Waals surface area contributed by atoms with E-state index in [1.54, 1.807) is 6.08 Å². The van der Waals surface area contributed by atoms with E-state index in [0.29, 0.717) is 6.61 Å². The van der Waals surface area contributed by atoms with Crippen molar-refractivity contribution in [2.75, 3.05) is 6.61 Å². The minimum atomic E-state index is -0.385. The zero-order valence-electron chi connectivity index (χ0n) is 12.3. The Labute approximate surface area is 130 Å². The lowest BCUT2D eigenvalue weighted by Gasteiger charge is -2.06. The molecule has 22 heavy (non-hydrogen) atoms. The van der Waals surface area contributed by atoms with Crippen molar-refractivity contribution < 1.29 is 14.3 Å². The van der Waals surface area contributed by atoms with Gasteiger partial charge in [0.05, 0.1) is 0 Å². The van der Waals surface area contributed by atoms with Crippen LogP contribution in [0.2, 0.25) is 0 Å². The average Bonchev–Trinajstić information content (AvgIpc) is 2.58. The maximum atomic E-state index is 11.3. The maximum Gasteiger partial charge on any atom is 0.331 e. The lowest BCUT2D eigenvalue weighted by atomic mass is 10.2. The maximum absolute atomic E-state index is 11.3. The molecule has 0 aliphatic carbocycles. The second-order valence-corrected chi connectivity index (χ2v) is 4.60. The summed E-state index contributed by atoms with van der Waals surface area (Å²) in [5, 5.41) is 0. The largest absolute Gasteiger partial charge is 0.489 e. The molecular formula is C19H18O3. The average molecular weight is 294 g/mol. The van der Waals surface area contributed by atoms with Crippen LogP contribution in [0.4, 0.5) is 0 Å². The molecule has 0 N–H and O–H groups in total. The topological polar surface area (TPSA) is 35.5 Å². The zero-order chi connectivity index (χ0) is 15.6. The molecule has 112 valence electrons. The molecule has 3 heteroatoms. The fourth-order valence-corrected chi connectivity index (χ4v) is 1.77. The zero-order valence-corrected chi connectivity index (χ0v) is 12.3. The first-order valence-electron chi connectivity index (χ1n) is 7.00. The van der Waals surface area contributed by atoms with Crippen molar-refractivity contribution >= 4 is 12.0 Å². The molecule has 0 bridgehead atoms. The highest BCUT2D eigenvalue weighted by Gasteiger charge is 1.97. The van der Waals surface area contributed by atoms with E-state index in [4.69, 9.17) is 9.47 Å². The lowest BCUT2D eigenvalue weighted by Crippen LogP contribution is -1.99. The van der Waals surface area contributed by atoms with Gasteiger partial charge in [-0.25, -0.2) is 4.79 Å². The van der Waals surface area contributed by atoms with Crippen LogP contribution in [0, 0.1) is 0 Å². The summed E-state index contributed by atoms with van der Waals surface area (Å²) < 4.78 is 10.6. The van der Waals surface area contributed by atoms with Crippen LogP contribution >= 0.6 is 0 Å². The van der Waals surface area contributed by atoms with Gasteiger partial charge in [0.1, 0.15) is 19.0 Å². The molecule has 2 aromatic carbocycles. The van der Waals surface area contributed by atoms with Gasteiger partial charge in [0.2, 0.25) is 0 Å². The van der Waals surface area contributed by atoms with Gasteiger partial charge in [-0.05, 0) is 29.3 Å². The number of hydrogen-bond donors (Lipinski definition) is 0. The van der Waals surface area contributed by atoms with Gasteiger partial charge in [-0.15, -0.1) is 0 Å². The van der Waals surface area contributed by atoms with Crippen molar-refractivity contribution in [1.82, 2.24) is 0 Å². The monoisotopic (exact) mass is 294 g/mol. The molecule has 3 nitrogen and oxygen atoms in total. The quantitative estimate of drug-likeness (QED) is 0.440. The van der Waals surface area contributed by atoms with Crippen molar-refractivity contribution in [1.29, 1.82) is 0 Å². The number of benzene rings is 2. The highest BCUT2D eigenvalue weighted by molar-refractivity contribution is 5.87. The second-order valence-electron chi connectivity index (χ2n) is 4.60. The summed E-state index contributed by atoms with van der Waals surface area (Å²) >= 11 is 0. The standard InChI is InChI=1S/C19H18O3/c1-2-14-21-19(20)13-10-16-8-11-18(12-9-16)22-15-17-6-4-3-5-7-17/h2-13H,1,14-15H2/b13-10+. The summed E-state index contributed by atoms with van der Waals surface area (Å²) in [6, 6.07) is 17.5. The summed E-state index contributed by atoms with van der Waals surface area (Å²) in [4.78, 5) is 11.3. The van der Waals surface area contributed by atoms with Gasteiger partial charge < -0.3 is 9.47 Å². The van der Waals surface area contributed by atoms with Crippen molar-refractivity contribution in [3.8, 4) is 5.75 Å². The molecule has 0 heterocycles.